The maximum atomic E-state index is 11.6. The van der Waals surface area contributed by atoms with Crippen molar-refractivity contribution < 1.29 is 9.53 Å². The van der Waals surface area contributed by atoms with E-state index >= 15 is 0 Å². The Balaban J connectivity index is 2.08. The first-order valence-corrected chi connectivity index (χ1v) is 6.35. The van der Waals surface area contributed by atoms with Crippen molar-refractivity contribution in [2.45, 2.75) is 26.3 Å². The Labute approximate surface area is 111 Å². The number of esters is 1. The average molecular weight is 267 g/mol. The molecule has 4 nitrogen and oxygen atoms in total. The number of hydrogen-bond donors (Lipinski definition) is 0. The molecule has 2 rings (SSSR count). The SMILES string of the molecule is CCCCOC(=O)Cn1ccc2c(Cl)nccc21. The molecule has 2 aromatic rings. The molecule has 0 saturated heterocycles. The fourth-order valence-electron chi connectivity index (χ4n) is 1.74. The van der Waals surface area contributed by atoms with E-state index < -0.39 is 0 Å². The van der Waals surface area contributed by atoms with Crippen LogP contribution in [0.1, 0.15) is 19.8 Å². The molecule has 0 amide bonds. The minimum absolute atomic E-state index is 0.202. The lowest BCUT2D eigenvalue weighted by atomic mass is 10.3. The third kappa shape index (κ3) is 2.82. The van der Waals surface area contributed by atoms with Crippen molar-refractivity contribution in [3.05, 3.63) is 29.7 Å². The van der Waals surface area contributed by atoms with Crippen LogP contribution in [0.15, 0.2) is 24.5 Å². The van der Waals surface area contributed by atoms with E-state index in [2.05, 4.69) is 11.9 Å². The number of nitrogens with zero attached hydrogens (tertiary/aromatic N) is 2. The average Bonchev–Trinajstić information content (AvgIpc) is 2.74. The third-order valence-corrected chi connectivity index (χ3v) is 3.01. The van der Waals surface area contributed by atoms with Crippen molar-refractivity contribution in [3.8, 4) is 0 Å². The van der Waals surface area contributed by atoms with E-state index in [0.29, 0.717) is 11.8 Å². The van der Waals surface area contributed by atoms with Gasteiger partial charge in [-0.05, 0) is 18.6 Å². The summed E-state index contributed by atoms with van der Waals surface area (Å²) in [6.45, 7) is 2.74. The van der Waals surface area contributed by atoms with Crippen LogP contribution >= 0.6 is 11.6 Å². The zero-order valence-electron chi connectivity index (χ0n) is 10.2. The zero-order chi connectivity index (χ0) is 13.0. The Morgan fingerprint density at radius 2 is 2.33 bits per heavy atom. The monoisotopic (exact) mass is 266 g/mol. The van der Waals surface area contributed by atoms with Gasteiger partial charge in [-0.2, -0.15) is 0 Å². The summed E-state index contributed by atoms with van der Waals surface area (Å²) in [5, 5.41) is 1.30. The Morgan fingerprint density at radius 3 is 3.11 bits per heavy atom. The van der Waals surface area contributed by atoms with Gasteiger partial charge in [0.15, 0.2) is 0 Å². The van der Waals surface area contributed by atoms with E-state index in [1.807, 2.05) is 22.9 Å². The van der Waals surface area contributed by atoms with Gasteiger partial charge in [0.1, 0.15) is 11.7 Å². The van der Waals surface area contributed by atoms with Crippen LogP contribution in [0.25, 0.3) is 10.9 Å². The Kier molecular flexibility index (Phi) is 4.20. The second-order valence-corrected chi connectivity index (χ2v) is 4.41. The number of carbonyl (C=O) groups is 1. The van der Waals surface area contributed by atoms with Crippen molar-refractivity contribution in [1.29, 1.82) is 0 Å². The number of hydrogen-bond acceptors (Lipinski definition) is 3. The van der Waals surface area contributed by atoms with Crippen molar-refractivity contribution in [2.24, 2.45) is 0 Å². The van der Waals surface area contributed by atoms with Crippen LogP contribution in [-0.4, -0.2) is 22.1 Å². The lowest BCUT2D eigenvalue weighted by Crippen LogP contribution is -2.13. The highest BCUT2D eigenvalue weighted by molar-refractivity contribution is 6.34. The van der Waals surface area contributed by atoms with Crippen molar-refractivity contribution in [3.63, 3.8) is 0 Å². The number of aromatic nitrogens is 2. The summed E-state index contributed by atoms with van der Waals surface area (Å²) in [5.74, 6) is -0.228. The van der Waals surface area contributed by atoms with E-state index in [1.165, 1.54) is 0 Å². The fourth-order valence-corrected chi connectivity index (χ4v) is 1.96. The summed E-state index contributed by atoms with van der Waals surface area (Å²) in [6.07, 6.45) is 5.36. The van der Waals surface area contributed by atoms with Gasteiger partial charge in [-0.25, -0.2) is 4.98 Å². The molecule has 0 fully saturated rings. The van der Waals surface area contributed by atoms with Gasteiger partial charge in [0.25, 0.3) is 0 Å². The lowest BCUT2D eigenvalue weighted by molar-refractivity contribution is -0.144. The summed E-state index contributed by atoms with van der Waals surface area (Å²) >= 11 is 5.97. The van der Waals surface area contributed by atoms with Crippen molar-refractivity contribution in [1.82, 2.24) is 9.55 Å². The molecule has 0 aliphatic rings. The molecule has 0 aromatic carbocycles. The molecule has 0 bridgehead atoms. The van der Waals surface area contributed by atoms with Gasteiger partial charge < -0.3 is 9.30 Å². The number of pyridine rings is 1. The molecule has 18 heavy (non-hydrogen) atoms. The molecule has 0 N–H and O–H groups in total. The smallest absolute Gasteiger partial charge is 0.325 e. The second kappa shape index (κ2) is 5.87. The van der Waals surface area contributed by atoms with Gasteiger partial charge in [0, 0.05) is 17.8 Å². The van der Waals surface area contributed by atoms with Crippen LogP contribution in [0.3, 0.4) is 0 Å². The molecule has 2 heterocycles. The third-order valence-electron chi connectivity index (χ3n) is 2.71. The van der Waals surface area contributed by atoms with E-state index in [-0.39, 0.29) is 12.5 Å². The zero-order valence-corrected chi connectivity index (χ0v) is 11.0. The summed E-state index contributed by atoms with van der Waals surface area (Å²) in [5.41, 5.74) is 0.891. The Bertz CT molecular complexity index is 551. The highest BCUT2D eigenvalue weighted by Gasteiger charge is 2.09. The molecule has 0 radical (unpaired) electrons. The predicted molar refractivity (Wildman–Crippen MR) is 70.6 cm³/mol. The first-order chi connectivity index (χ1) is 8.72. The highest BCUT2D eigenvalue weighted by atomic mass is 35.5. The van der Waals surface area contributed by atoms with Gasteiger partial charge in [-0.1, -0.05) is 24.9 Å². The first-order valence-electron chi connectivity index (χ1n) is 5.97. The Morgan fingerprint density at radius 1 is 1.50 bits per heavy atom. The quantitative estimate of drug-likeness (QED) is 0.475. The molecular weight excluding hydrogens is 252 g/mol. The van der Waals surface area contributed by atoms with E-state index in [0.717, 1.165) is 23.7 Å². The normalized spacial score (nSPS) is 10.8. The molecule has 5 heteroatoms. The molecule has 0 spiro atoms. The molecule has 0 unspecified atom stereocenters. The fraction of sp³-hybridized carbons (Fsp3) is 0.385. The predicted octanol–water partition coefficient (Wildman–Crippen LogP) is 3.03. The number of unbranched alkanes of at least 4 members (excludes halogenated alkanes) is 1. The molecule has 0 saturated carbocycles. The van der Waals surface area contributed by atoms with Crippen LogP contribution in [0.4, 0.5) is 0 Å². The molecular formula is C13H15ClN2O2. The summed E-state index contributed by atoms with van der Waals surface area (Å²) in [6, 6.07) is 3.69. The maximum absolute atomic E-state index is 11.6. The topological polar surface area (TPSA) is 44.1 Å². The number of carbonyl (C=O) groups excluding carboxylic acids is 1. The molecule has 96 valence electrons. The number of fused-ring (bicyclic) bond motifs is 1. The van der Waals surface area contributed by atoms with E-state index in [9.17, 15) is 4.79 Å². The minimum atomic E-state index is -0.228. The molecule has 2 aromatic heterocycles. The van der Waals surface area contributed by atoms with Crippen LogP contribution in [0.2, 0.25) is 5.15 Å². The van der Waals surface area contributed by atoms with E-state index in [1.54, 1.807) is 6.20 Å². The summed E-state index contributed by atoms with van der Waals surface area (Å²) in [4.78, 5) is 15.6. The molecule has 0 aliphatic carbocycles. The van der Waals surface area contributed by atoms with Gasteiger partial charge in [0.2, 0.25) is 0 Å². The number of ether oxygens (including phenoxy) is 1. The largest absolute Gasteiger partial charge is 0.464 e. The van der Waals surface area contributed by atoms with Crippen LogP contribution in [0, 0.1) is 0 Å². The summed E-state index contributed by atoms with van der Waals surface area (Å²) < 4.78 is 6.94. The Hall–Kier alpha value is -1.55. The standard InChI is InChI=1S/C13H15ClN2O2/c1-2-3-8-18-12(17)9-16-7-5-10-11(16)4-6-15-13(10)14/h4-7H,2-3,8-9H2,1H3. The molecule has 0 atom stereocenters. The van der Waals surface area contributed by atoms with Gasteiger partial charge in [-0.3, -0.25) is 4.79 Å². The first kappa shape index (κ1) is 12.9. The minimum Gasteiger partial charge on any atom is -0.464 e. The van der Waals surface area contributed by atoms with Crippen LogP contribution in [0.5, 0.6) is 0 Å². The van der Waals surface area contributed by atoms with Crippen LogP contribution < -0.4 is 0 Å². The number of halogens is 1. The lowest BCUT2D eigenvalue weighted by Gasteiger charge is -2.06. The van der Waals surface area contributed by atoms with Gasteiger partial charge >= 0.3 is 5.97 Å². The van der Waals surface area contributed by atoms with Crippen molar-refractivity contribution in [2.75, 3.05) is 6.61 Å². The van der Waals surface area contributed by atoms with Gasteiger partial charge in [-0.15, -0.1) is 0 Å². The number of rotatable bonds is 5. The van der Waals surface area contributed by atoms with Gasteiger partial charge in [0.05, 0.1) is 12.1 Å². The molecule has 0 aliphatic heterocycles. The van der Waals surface area contributed by atoms with E-state index in [4.69, 9.17) is 16.3 Å². The second-order valence-electron chi connectivity index (χ2n) is 4.05. The van der Waals surface area contributed by atoms with Crippen LogP contribution in [-0.2, 0) is 16.1 Å². The highest BCUT2D eigenvalue weighted by Crippen LogP contribution is 2.21. The van der Waals surface area contributed by atoms with Crippen molar-refractivity contribution >= 4 is 28.5 Å². The summed E-state index contributed by atoms with van der Waals surface area (Å²) in [7, 11) is 0. The maximum Gasteiger partial charge on any atom is 0.325 e.